The van der Waals surface area contributed by atoms with Crippen LogP contribution in [0.4, 0.5) is 5.69 Å². The van der Waals surface area contributed by atoms with Gasteiger partial charge in [0, 0.05) is 50.6 Å². The summed E-state index contributed by atoms with van der Waals surface area (Å²) in [5.74, 6) is -0.300. The third-order valence-electron chi connectivity index (χ3n) is 6.30. The molecule has 1 aromatic heterocycles. The van der Waals surface area contributed by atoms with Gasteiger partial charge in [0.2, 0.25) is 5.91 Å². The minimum absolute atomic E-state index is 0.133. The van der Waals surface area contributed by atoms with Crippen molar-refractivity contribution in [3.05, 3.63) is 95.3 Å². The molecule has 35 heavy (non-hydrogen) atoms. The van der Waals surface area contributed by atoms with Crippen molar-refractivity contribution in [2.45, 2.75) is 26.2 Å². The second-order valence-electron chi connectivity index (χ2n) is 8.70. The topological polar surface area (TPSA) is 82.6 Å². The molecule has 3 amide bonds. The lowest BCUT2D eigenvalue weighted by atomic mass is 10.1. The number of carbonyl (C=O) groups is 3. The molecule has 1 aliphatic rings. The Bertz CT molecular complexity index is 1170. The number of benzene rings is 2. The Morgan fingerprint density at radius 3 is 2.26 bits per heavy atom. The zero-order chi connectivity index (χ0) is 24.6. The van der Waals surface area contributed by atoms with Crippen LogP contribution in [0.5, 0.6) is 0 Å². The summed E-state index contributed by atoms with van der Waals surface area (Å²) in [7, 11) is 0. The first-order valence-corrected chi connectivity index (χ1v) is 11.9. The third-order valence-corrected chi connectivity index (χ3v) is 6.30. The number of piperazine rings is 1. The van der Waals surface area contributed by atoms with E-state index in [0.29, 0.717) is 49.4 Å². The van der Waals surface area contributed by atoms with Crippen molar-refractivity contribution in [3.8, 4) is 0 Å². The quantitative estimate of drug-likeness (QED) is 0.567. The van der Waals surface area contributed by atoms with E-state index in [1.165, 1.54) is 5.56 Å². The van der Waals surface area contributed by atoms with Crippen LogP contribution in [-0.4, -0.2) is 58.7 Å². The highest BCUT2D eigenvalue weighted by atomic mass is 16.2. The van der Waals surface area contributed by atoms with Crippen molar-refractivity contribution < 1.29 is 14.4 Å². The summed E-state index contributed by atoms with van der Waals surface area (Å²) in [4.78, 5) is 46.3. The van der Waals surface area contributed by atoms with E-state index >= 15 is 0 Å². The smallest absolute Gasteiger partial charge is 0.256 e. The maximum Gasteiger partial charge on any atom is 0.256 e. The van der Waals surface area contributed by atoms with Crippen molar-refractivity contribution in [2.75, 3.05) is 31.5 Å². The number of anilines is 1. The molecule has 180 valence electrons. The van der Waals surface area contributed by atoms with Gasteiger partial charge in [0.05, 0.1) is 11.3 Å². The fourth-order valence-electron chi connectivity index (χ4n) is 4.28. The molecule has 0 saturated carbocycles. The van der Waals surface area contributed by atoms with Crippen LogP contribution < -0.4 is 5.32 Å². The van der Waals surface area contributed by atoms with E-state index in [4.69, 9.17) is 0 Å². The Labute approximate surface area is 205 Å². The number of carbonyl (C=O) groups excluding carboxylic acids is 3. The number of amides is 3. The van der Waals surface area contributed by atoms with E-state index in [0.717, 1.165) is 18.4 Å². The van der Waals surface area contributed by atoms with Crippen molar-refractivity contribution in [1.29, 1.82) is 0 Å². The van der Waals surface area contributed by atoms with Crippen LogP contribution in [-0.2, 0) is 11.2 Å². The number of aromatic nitrogens is 1. The second kappa shape index (κ2) is 11.4. The number of rotatable bonds is 7. The largest absolute Gasteiger partial charge is 0.339 e. The summed E-state index contributed by atoms with van der Waals surface area (Å²) in [6, 6.07) is 18.8. The van der Waals surface area contributed by atoms with Gasteiger partial charge in [-0.3, -0.25) is 19.4 Å². The summed E-state index contributed by atoms with van der Waals surface area (Å²) in [5.41, 5.74) is 3.49. The fourth-order valence-corrected chi connectivity index (χ4v) is 4.28. The lowest BCUT2D eigenvalue weighted by molar-refractivity contribution is -0.132. The highest BCUT2D eigenvalue weighted by Crippen LogP contribution is 2.24. The molecule has 2 aromatic carbocycles. The van der Waals surface area contributed by atoms with E-state index in [1.807, 2.05) is 42.2 Å². The third kappa shape index (κ3) is 6.12. The number of hydrogen-bond donors (Lipinski definition) is 1. The maximum atomic E-state index is 13.4. The average molecular weight is 471 g/mol. The summed E-state index contributed by atoms with van der Waals surface area (Å²) < 4.78 is 0. The molecule has 0 spiro atoms. The van der Waals surface area contributed by atoms with Gasteiger partial charge in [0.25, 0.3) is 11.8 Å². The maximum absolute atomic E-state index is 13.4. The Morgan fingerprint density at radius 2 is 1.54 bits per heavy atom. The molecule has 4 rings (SSSR count). The minimum atomic E-state index is -0.290. The van der Waals surface area contributed by atoms with E-state index in [2.05, 4.69) is 22.4 Å². The van der Waals surface area contributed by atoms with Gasteiger partial charge in [-0.2, -0.15) is 0 Å². The van der Waals surface area contributed by atoms with Gasteiger partial charge in [-0.25, -0.2) is 0 Å². The van der Waals surface area contributed by atoms with Crippen molar-refractivity contribution in [3.63, 3.8) is 0 Å². The van der Waals surface area contributed by atoms with Crippen molar-refractivity contribution >= 4 is 23.4 Å². The Hall–Kier alpha value is -4.00. The van der Waals surface area contributed by atoms with Crippen molar-refractivity contribution in [2.24, 2.45) is 0 Å². The highest BCUT2D eigenvalue weighted by molar-refractivity contribution is 6.09. The van der Waals surface area contributed by atoms with E-state index in [-0.39, 0.29) is 17.7 Å². The molecule has 1 saturated heterocycles. The molecule has 1 N–H and O–H groups in total. The first-order chi connectivity index (χ1) is 17.0. The molecule has 7 nitrogen and oxygen atoms in total. The van der Waals surface area contributed by atoms with Gasteiger partial charge in [-0.05, 0) is 49.1 Å². The van der Waals surface area contributed by atoms with Crippen LogP contribution in [0.15, 0.2) is 73.1 Å². The molecule has 2 heterocycles. The first-order valence-electron chi connectivity index (χ1n) is 11.9. The van der Waals surface area contributed by atoms with Gasteiger partial charge >= 0.3 is 0 Å². The van der Waals surface area contributed by atoms with Gasteiger partial charge in [0.15, 0.2) is 0 Å². The first kappa shape index (κ1) is 24.1. The van der Waals surface area contributed by atoms with E-state index in [1.54, 1.807) is 35.5 Å². The molecule has 7 heteroatoms. The van der Waals surface area contributed by atoms with Crippen LogP contribution in [0.1, 0.15) is 44.7 Å². The molecule has 0 unspecified atom stereocenters. The molecule has 0 radical (unpaired) electrons. The average Bonchev–Trinajstić information content (AvgIpc) is 2.90. The molecule has 3 aromatic rings. The second-order valence-corrected chi connectivity index (χ2v) is 8.70. The SMILES string of the molecule is Cc1cccc(C(=O)N2CCN(C(=O)CCCc3ccccc3)CC2)c1NC(=O)c1ccncc1. The normalized spacial score (nSPS) is 13.4. The molecular weight excluding hydrogens is 440 g/mol. The van der Waals surface area contributed by atoms with Gasteiger partial charge < -0.3 is 15.1 Å². The zero-order valence-corrected chi connectivity index (χ0v) is 19.9. The minimum Gasteiger partial charge on any atom is -0.339 e. The van der Waals surface area contributed by atoms with Gasteiger partial charge in [0.1, 0.15) is 0 Å². The number of nitrogens with one attached hydrogen (secondary N) is 1. The lowest BCUT2D eigenvalue weighted by Crippen LogP contribution is -2.50. The number of para-hydroxylation sites is 1. The predicted octanol–water partition coefficient (Wildman–Crippen LogP) is 3.95. The van der Waals surface area contributed by atoms with Gasteiger partial charge in [-0.1, -0.05) is 42.5 Å². The Balaban J connectivity index is 1.34. The summed E-state index contributed by atoms with van der Waals surface area (Å²) in [6.45, 7) is 3.83. The monoisotopic (exact) mass is 470 g/mol. The van der Waals surface area contributed by atoms with Crippen LogP contribution in [0.2, 0.25) is 0 Å². The molecular formula is C28H30N4O3. The lowest BCUT2D eigenvalue weighted by Gasteiger charge is -2.35. The molecule has 1 aliphatic heterocycles. The van der Waals surface area contributed by atoms with Crippen LogP contribution in [0.3, 0.4) is 0 Å². The molecule has 1 fully saturated rings. The Morgan fingerprint density at radius 1 is 0.857 bits per heavy atom. The van der Waals surface area contributed by atoms with Crippen molar-refractivity contribution in [1.82, 2.24) is 14.8 Å². The number of pyridine rings is 1. The molecule has 0 atom stereocenters. The van der Waals surface area contributed by atoms with Crippen LogP contribution in [0.25, 0.3) is 0 Å². The number of nitrogens with zero attached hydrogens (tertiary/aromatic N) is 3. The molecule has 0 bridgehead atoms. The zero-order valence-electron chi connectivity index (χ0n) is 19.9. The standard InChI is InChI=1S/C28H30N4O3/c1-21-7-5-11-24(26(21)30-27(34)23-13-15-29-16-14-23)28(35)32-19-17-31(18-20-32)25(33)12-6-10-22-8-3-2-4-9-22/h2-5,7-9,11,13-16H,6,10,12,17-20H2,1H3,(H,30,34). The number of aryl methyl sites for hydroxylation is 2. The van der Waals surface area contributed by atoms with Crippen LogP contribution >= 0.6 is 0 Å². The summed E-state index contributed by atoms with van der Waals surface area (Å²) >= 11 is 0. The van der Waals surface area contributed by atoms with Gasteiger partial charge in [-0.15, -0.1) is 0 Å². The highest BCUT2D eigenvalue weighted by Gasteiger charge is 2.26. The predicted molar refractivity (Wildman–Crippen MR) is 135 cm³/mol. The summed E-state index contributed by atoms with van der Waals surface area (Å²) in [6.07, 6.45) is 5.31. The summed E-state index contributed by atoms with van der Waals surface area (Å²) in [5, 5.41) is 2.90. The fraction of sp³-hybridized carbons (Fsp3) is 0.286. The van der Waals surface area contributed by atoms with E-state index < -0.39 is 0 Å². The van der Waals surface area contributed by atoms with Crippen LogP contribution in [0, 0.1) is 6.92 Å². The van der Waals surface area contributed by atoms with E-state index in [9.17, 15) is 14.4 Å². The molecule has 0 aliphatic carbocycles. The number of hydrogen-bond acceptors (Lipinski definition) is 4. The Kier molecular flexibility index (Phi) is 7.88.